The Labute approximate surface area is 113 Å². The Morgan fingerprint density at radius 1 is 1.16 bits per heavy atom. The van der Waals surface area contributed by atoms with Crippen molar-refractivity contribution < 1.29 is 4.39 Å². The van der Waals surface area contributed by atoms with Crippen LogP contribution in [0.15, 0.2) is 36.4 Å². The van der Waals surface area contributed by atoms with Crippen LogP contribution in [0.1, 0.15) is 16.7 Å². The maximum absolute atomic E-state index is 13.6. The zero-order valence-electron chi connectivity index (χ0n) is 11.3. The molecule has 0 aliphatic rings. The fourth-order valence-corrected chi connectivity index (χ4v) is 2.18. The SMILES string of the molecule is Cc1ccc(CCNc2c(N)cccc2F)c(C)c1. The summed E-state index contributed by atoms with van der Waals surface area (Å²) in [5, 5.41) is 3.07. The van der Waals surface area contributed by atoms with Crippen LogP contribution in [0.4, 0.5) is 15.8 Å². The lowest BCUT2D eigenvalue weighted by atomic mass is 10.0. The highest BCUT2D eigenvalue weighted by Gasteiger charge is 2.05. The first kappa shape index (κ1) is 13.4. The van der Waals surface area contributed by atoms with E-state index in [2.05, 4.69) is 37.4 Å². The van der Waals surface area contributed by atoms with Crippen molar-refractivity contribution in [2.75, 3.05) is 17.6 Å². The lowest BCUT2D eigenvalue weighted by Crippen LogP contribution is -2.09. The molecule has 0 radical (unpaired) electrons. The molecule has 0 aliphatic heterocycles. The van der Waals surface area contributed by atoms with Crippen LogP contribution in [0, 0.1) is 19.7 Å². The second kappa shape index (κ2) is 5.74. The molecule has 2 aromatic carbocycles. The van der Waals surface area contributed by atoms with Crippen LogP contribution in [-0.2, 0) is 6.42 Å². The number of nitrogens with two attached hydrogens (primary N) is 1. The number of nitrogen functional groups attached to an aromatic ring is 1. The van der Waals surface area contributed by atoms with Crippen molar-refractivity contribution in [1.82, 2.24) is 0 Å². The lowest BCUT2D eigenvalue weighted by molar-refractivity contribution is 0.630. The van der Waals surface area contributed by atoms with Crippen molar-refractivity contribution in [3.63, 3.8) is 0 Å². The zero-order valence-corrected chi connectivity index (χ0v) is 11.3. The standard InChI is InChI=1S/C16H19FN2/c1-11-6-7-13(12(2)10-11)8-9-19-16-14(17)4-3-5-15(16)18/h3-7,10,19H,8-9,18H2,1-2H3. The average molecular weight is 258 g/mol. The first-order chi connectivity index (χ1) is 9.08. The molecule has 0 atom stereocenters. The summed E-state index contributed by atoms with van der Waals surface area (Å²) in [4.78, 5) is 0. The molecular weight excluding hydrogens is 239 g/mol. The summed E-state index contributed by atoms with van der Waals surface area (Å²) in [5.41, 5.74) is 10.4. The second-order valence-electron chi connectivity index (χ2n) is 4.81. The van der Waals surface area contributed by atoms with Crippen molar-refractivity contribution >= 4 is 11.4 Å². The van der Waals surface area contributed by atoms with Gasteiger partial charge in [-0.3, -0.25) is 0 Å². The van der Waals surface area contributed by atoms with Crippen molar-refractivity contribution in [3.05, 3.63) is 58.9 Å². The van der Waals surface area contributed by atoms with Gasteiger partial charge in [-0.2, -0.15) is 0 Å². The highest BCUT2D eigenvalue weighted by atomic mass is 19.1. The minimum absolute atomic E-state index is 0.305. The summed E-state index contributed by atoms with van der Waals surface area (Å²) in [5.74, 6) is -0.305. The predicted molar refractivity (Wildman–Crippen MR) is 78.9 cm³/mol. The summed E-state index contributed by atoms with van der Waals surface area (Å²) in [6.07, 6.45) is 0.847. The molecule has 0 aromatic heterocycles. The van der Waals surface area contributed by atoms with Gasteiger partial charge in [-0.15, -0.1) is 0 Å². The molecule has 0 saturated heterocycles. The first-order valence-corrected chi connectivity index (χ1v) is 6.42. The van der Waals surface area contributed by atoms with E-state index in [0.29, 0.717) is 17.9 Å². The molecule has 0 spiro atoms. The van der Waals surface area contributed by atoms with Gasteiger partial charge < -0.3 is 11.1 Å². The number of rotatable bonds is 4. The Morgan fingerprint density at radius 2 is 1.95 bits per heavy atom. The van der Waals surface area contributed by atoms with E-state index >= 15 is 0 Å². The van der Waals surface area contributed by atoms with Gasteiger partial charge in [0.25, 0.3) is 0 Å². The van der Waals surface area contributed by atoms with Crippen LogP contribution in [0.3, 0.4) is 0 Å². The zero-order chi connectivity index (χ0) is 13.8. The van der Waals surface area contributed by atoms with Crippen LogP contribution in [0.25, 0.3) is 0 Å². The van der Waals surface area contributed by atoms with Gasteiger partial charge in [-0.25, -0.2) is 4.39 Å². The maximum Gasteiger partial charge on any atom is 0.148 e. The molecule has 3 heteroatoms. The van der Waals surface area contributed by atoms with Gasteiger partial charge in [0, 0.05) is 6.54 Å². The van der Waals surface area contributed by atoms with Crippen molar-refractivity contribution in [1.29, 1.82) is 0 Å². The molecule has 2 rings (SSSR count). The minimum Gasteiger partial charge on any atom is -0.397 e. The van der Waals surface area contributed by atoms with Crippen molar-refractivity contribution in [2.45, 2.75) is 20.3 Å². The summed E-state index contributed by atoms with van der Waals surface area (Å²) in [6.45, 7) is 4.84. The number of para-hydroxylation sites is 1. The Kier molecular flexibility index (Phi) is 4.05. The number of anilines is 2. The normalized spacial score (nSPS) is 10.5. The third-order valence-electron chi connectivity index (χ3n) is 3.24. The highest BCUT2D eigenvalue weighted by Crippen LogP contribution is 2.21. The van der Waals surface area contributed by atoms with Crippen molar-refractivity contribution in [3.8, 4) is 0 Å². The van der Waals surface area contributed by atoms with Crippen LogP contribution in [0.2, 0.25) is 0 Å². The summed E-state index contributed by atoms with van der Waals surface area (Å²) in [6, 6.07) is 11.1. The number of nitrogens with one attached hydrogen (secondary N) is 1. The van der Waals surface area contributed by atoms with E-state index < -0.39 is 0 Å². The molecule has 0 unspecified atom stereocenters. The Morgan fingerprint density at radius 3 is 2.63 bits per heavy atom. The molecule has 0 saturated carbocycles. The van der Waals surface area contributed by atoms with Gasteiger partial charge >= 0.3 is 0 Å². The van der Waals surface area contributed by atoms with E-state index in [-0.39, 0.29) is 5.82 Å². The topological polar surface area (TPSA) is 38.0 Å². The monoisotopic (exact) mass is 258 g/mol. The highest BCUT2D eigenvalue weighted by molar-refractivity contribution is 5.66. The van der Waals surface area contributed by atoms with Crippen LogP contribution >= 0.6 is 0 Å². The Hall–Kier alpha value is -2.03. The van der Waals surface area contributed by atoms with Gasteiger partial charge in [-0.1, -0.05) is 29.8 Å². The average Bonchev–Trinajstić information content (AvgIpc) is 2.35. The molecule has 2 aromatic rings. The smallest absolute Gasteiger partial charge is 0.148 e. The molecule has 0 heterocycles. The van der Waals surface area contributed by atoms with Gasteiger partial charge in [-0.05, 0) is 43.5 Å². The van der Waals surface area contributed by atoms with Gasteiger partial charge in [0.15, 0.2) is 0 Å². The van der Waals surface area contributed by atoms with E-state index in [0.717, 1.165) is 6.42 Å². The van der Waals surface area contributed by atoms with E-state index in [1.807, 2.05) is 0 Å². The van der Waals surface area contributed by atoms with E-state index in [1.54, 1.807) is 12.1 Å². The maximum atomic E-state index is 13.6. The van der Waals surface area contributed by atoms with E-state index in [9.17, 15) is 4.39 Å². The van der Waals surface area contributed by atoms with Gasteiger partial charge in [0.05, 0.1) is 11.4 Å². The summed E-state index contributed by atoms with van der Waals surface area (Å²) >= 11 is 0. The molecule has 0 fully saturated rings. The van der Waals surface area contributed by atoms with Gasteiger partial charge in [0.2, 0.25) is 0 Å². The predicted octanol–water partition coefficient (Wildman–Crippen LogP) is 3.68. The summed E-state index contributed by atoms with van der Waals surface area (Å²) in [7, 11) is 0. The quantitative estimate of drug-likeness (QED) is 0.821. The third-order valence-corrected chi connectivity index (χ3v) is 3.24. The molecule has 3 N–H and O–H groups in total. The van der Waals surface area contributed by atoms with Crippen molar-refractivity contribution in [2.24, 2.45) is 0 Å². The molecule has 0 bridgehead atoms. The number of halogens is 1. The molecular formula is C16H19FN2. The van der Waals surface area contributed by atoms with Crippen LogP contribution in [0.5, 0.6) is 0 Å². The van der Waals surface area contributed by atoms with Gasteiger partial charge in [0.1, 0.15) is 5.82 Å². The molecule has 100 valence electrons. The number of hydrogen-bond acceptors (Lipinski definition) is 2. The van der Waals surface area contributed by atoms with Crippen LogP contribution < -0.4 is 11.1 Å². The molecule has 0 aliphatic carbocycles. The fourth-order valence-electron chi connectivity index (χ4n) is 2.18. The number of hydrogen-bond donors (Lipinski definition) is 2. The molecule has 0 amide bonds. The largest absolute Gasteiger partial charge is 0.397 e. The first-order valence-electron chi connectivity index (χ1n) is 6.42. The van der Waals surface area contributed by atoms with E-state index in [4.69, 9.17) is 5.73 Å². The fraction of sp³-hybridized carbons (Fsp3) is 0.250. The van der Waals surface area contributed by atoms with Crippen LogP contribution in [-0.4, -0.2) is 6.54 Å². The Bertz CT molecular complexity index is 559. The lowest BCUT2D eigenvalue weighted by Gasteiger charge is -2.11. The molecule has 2 nitrogen and oxygen atoms in total. The minimum atomic E-state index is -0.305. The summed E-state index contributed by atoms with van der Waals surface area (Å²) < 4.78 is 13.6. The number of aryl methyl sites for hydroxylation is 2. The number of benzene rings is 2. The Balaban J connectivity index is 2.00. The molecule has 19 heavy (non-hydrogen) atoms. The van der Waals surface area contributed by atoms with E-state index in [1.165, 1.54) is 22.8 Å². The second-order valence-corrected chi connectivity index (χ2v) is 4.81. The third kappa shape index (κ3) is 3.25.